The molecule has 24 heavy (non-hydrogen) atoms. The van der Waals surface area contributed by atoms with E-state index in [1.807, 2.05) is 29.2 Å². The van der Waals surface area contributed by atoms with Crippen LogP contribution in [0.15, 0.2) is 42.6 Å². The van der Waals surface area contributed by atoms with E-state index in [0.29, 0.717) is 35.9 Å². The van der Waals surface area contributed by atoms with Gasteiger partial charge in [-0.3, -0.25) is 4.79 Å². The van der Waals surface area contributed by atoms with Crippen molar-refractivity contribution in [2.24, 2.45) is 0 Å². The maximum atomic E-state index is 12.2. The van der Waals surface area contributed by atoms with Crippen molar-refractivity contribution in [3.05, 3.63) is 58.7 Å². The molecule has 5 nitrogen and oxygen atoms in total. The van der Waals surface area contributed by atoms with Gasteiger partial charge in [0.25, 0.3) is 0 Å². The minimum Gasteiger partial charge on any atom is -0.364 e. The molecule has 1 aromatic carbocycles. The monoisotopic (exact) mass is 340 g/mol. The summed E-state index contributed by atoms with van der Waals surface area (Å²) in [5, 5.41) is 13.0. The van der Waals surface area contributed by atoms with Gasteiger partial charge in [0.15, 0.2) is 0 Å². The van der Waals surface area contributed by atoms with Gasteiger partial charge in [-0.15, -0.1) is 0 Å². The molecule has 1 amide bonds. The molecule has 1 saturated heterocycles. The fourth-order valence-electron chi connectivity index (χ4n) is 2.85. The number of carbonyl (C=O) groups excluding carboxylic acids is 1. The molecule has 1 aliphatic heterocycles. The average molecular weight is 341 g/mol. The molecule has 0 saturated carbocycles. The number of halogens is 1. The van der Waals surface area contributed by atoms with Crippen molar-refractivity contribution in [3.63, 3.8) is 0 Å². The molecule has 2 aromatic rings. The zero-order chi connectivity index (χ0) is 16.9. The fraction of sp³-hybridized carbons (Fsp3) is 0.278. The summed E-state index contributed by atoms with van der Waals surface area (Å²) in [6.07, 6.45) is 2.82. The highest BCUT2D eigenvalue weighted by atomic mass is 35.5. The summed E-state index contributed by atoms with van der Waals surface area (Å²) in [6.45, 7) is 1.27. The lowest BCUT2D eigenvalue weighted by Gasteiger charge is -2.17. The molecular weight excluding hydrogens is 324 g/mol. The van der Waals surface area contributed by atoms with Crippen LogP contribution in [-0.4, -0.2) is 34.9 Å². The van der Waals surface area contributed by atoms with Gasteiger partial charge in [-0.25, -0.2) is 4.98 Å². The van der Waals surface area contributed by atoms with Crippen molar-refractivity contribution in [1.29, 1.82) is 5.26 Å². The normalized spacial score (nSPS) is 16.9. The molecule has 1 aromatic heterocycles. The van der Waals surface area contributed by atoms with Gasteiger partial charge >= 0.3 is 0 Å². The number of hydrogen-bond acceptors (Lipinski definition) is 4. The molecule has 3 rings (SSSR count). The van der Waals surface area contributed by atoms with Crippen LogP contribution in [0.3, 0.4) is 0 Å². The third-order valence-corrected chi connectivity index (χ3v) is 4.28. The minimum absolute atomic E-state index is 0.0288. The van der Waals surface area contributed by atoms with Crippen molar-refractivity contribution in [2.75, 3.05) is 18.4 Å². The number of nitrogens with zero attached hydrogens (tertiary/aromatic N) is 3. The Bertz CT molecular complexity index is 787. The van der Waals surface area contributed by atoms with E-state index < -0.39 is 0 Å². The Balaban J connectivity index is 1.58. The molecule has 6 heteroatoms. The molecular formula is C18H17ClN4O. The number of nitriles is 1. The van der Waals surface area contributed by atoms with E-state index in [1.54, 1.807) is 18.3 Å². The lowest BCUT2D eigenvalue weighted by atomic mass is 10.1. The number of rotatable bonds is 5. The number of likely N-dealkylation sites (tertiary alicyclic amines) is 1. The molecule has 0 radical (unpaired) electrons. The summed E-state index contributed by atoms with van der Waals surface area (Å²) in [6, 6.07) is 13.2. The lowest BCUT2D eigenvalue weighted by Crippen LogP contribution is -2.30. The van der Waals surface area contributed by atoms with Crippen LogP contribution in [-0.2, 0) is 11.2 Å². The summed E-state index contributed by atoms with van der Waals surface area (Å²) < 4.78 is 0. The number of nitrogens with one attached hydrogen (secondary N) is 1. The number of amides is 1. The summed E-state index contributed by atoms with van der Waals surface area (Å²) in [7, 11) is 0. The van der Waals surface area contributed by atoms with E-state index in [-0.39, 0.29) is 11.9 Å². The van der Waals surface area contributed by atoms with Gasteiger partial charge in [-0.05, 0) is 36.2 Å². The van der Waals surface area contributed by atoms with Gasteiger partial charge in [0.1, 0.15) is 11.9 Å². The molecule has 1 N–H and O–H groups in total. The first-order valence-corrected chi connectivity index (χ1v) is 8.17. The predicted molar refractivity (Wildman–Crippen MR) is 92.7 cm³/mol. The second-order valence-corrected chi connectivity index (χ2v) is 6.21. The van der Waals surface area contributed by atoms with E-state index in [4.69, 9.17) is 16.9 Å². The number of pyridine rings is 1. The van der Waals surface area contributed by atoms with Gasteiger partial charge in [0.05, 0.1) is 11.6 Å². The van der Waals surface area contributed by atoms with Gasteiger partial charge in [-0.2, -0.15) is 5.26 Å². The highest BCUT2D eigenvalue weighted by molar-refractivity contribution is 6.30. The van der Waals surface area contributed by atoms with Crippen LogP contribution in [0.25, 0.3) is 0 Å². The van der Waals surface area contributed by atoms with E-state index >= 15 is 0 Å². The molecule has 1 atom stereocenters. The summed E-state index contributed by atoms with van der Waals surface area (Å²) >= 11 is 5.99. The molecule has 2 heterocycles. The van der Waals surface area contributed by atoms with E-state index in [1.165, 1.54) is 0 Å². The van der Waals surface area contributed by atoms with Crippen molar-refractivity contribution < 1.29 is 4.79 Å². The highest BCUT2D eigenvalue weighted by Gasteiger charge is 2.29. The predicted octanol–water partition coefficient (Wildman–Crippen LogP) is 2.86. The van der Waals surface area contributed by atoms with Crippen LogP contribution in [0, 0.1) is 11.3 Å². The number of anilines is 1. The van der Waals surface area contributed by atoms with Crippen LogP contribution in [0.4, 0.5) is 5.82 Å². The standard InChI is InChI=1S/C18H17ClN4O/c19-15-5-1-3-13(9-15)6-8-23-12-16(10-17(23)24)22-18-14(11-20)4-2-7-21-18/h1-5,7,9,16H,6,8,10,12H2,(H,21,22)/t16-/m0/s1. The van der Waals surface area contributed by atoms with Crippen molar-refractivity contribution in [1.82, 2.24) is 9.88 Å². The van der Waals surface area contributed by atoms with Crippen LogP contribution in [0.5, 0.6) is 0 Å². The third kappa shape index (κ3) is 3.84. The molecule has 0 aliphatic carbocycles. The Hall–Kier alpha value is -2.58. The van der Waals surface area contributed by atoms with E-state index in [0.717, 1.165) is 12.0 Å². The van der Waals surface area contributed by atoms with Crippen molar-refractivity contribution in [2.45, 2.75) is 18.9 Å². The Morgan fingerprint density at radius 2 is 2.25 bits per heavy atom. The smallest absolute Gasteiger partial charge is 0.224 e. The Morgan fingerprint density at radius 1 is 1.38 bits per heavy atom. The summed E-state index contributed by atoms with van der Waals surface area (Å²) in [4.78, 5) is 18.2. The Kier molecular flexibility index (Phi) is 4.97. The summed E-state index contributed by atoms with van der Waals surface area (Å²) in [5.41, 5.74) is 1.60. The van der Waals surface area contributed by atoms with Gasteiger partial charge in [0.2, 0.25) is 5.91 Å². The van der Waals surface area contributed by atoms with Crippen LogP contribution in [0.2, 0.25) is 5.02 Å². The quantitative estimate of drug-likeness (QED) is 0.908. The number of carbonyl (C=O) groups is 1. The highest BCUT2D eigenvalue weighted by Crippen LogP contribution is 2.19. The van der Waals surface area contributed by atoms with Gasteiger partial charge in [0, 0.05) is 30.7 Å². The van der Waals surface area contributed by atoms with E-state index in [2.05, 4.69) is 16.4 Å². The Labute approximate surface area is 145 Å². The first-order valence-electron chi connectivity index (χ1n) is 7.79. The fourth-order valence-corrected chi connectivity index (χ4v) is 3.06. The molecule has 0 unspecified atom stereocenters. The Morgan fingerprint density at radius 3 is 3.04 bits per heavy atom. The van der Waals surface area contributed by atoms with Crippen molar-refractivity contribution >= 4 is 23.3 Å². The number of benzene rings is 1. The maximum Gasteiger partial charge on any atom is 0.224 e. The molecule has 0 spiro atoms. The molecule has 1 fully saturated rings. The van der Waals surface area contributed by atoms with Crippen LogP contribution in [0.1, 0.15) is 17.5 Å². The largest absolute Gasteiger partial charge is 0.364 e. The second kappa shape index (κ2) is 7.33. The first-order chi connectivity index (χ1) is 11.7. The van der Waals surface area contributed by atoms with Gasteiger partial charge < -0.3 is 10.2 Å². The zero-order valence-corrected chi connectivity index (χ0v) is 13.8. The summed E-state index contributed by atoms with van der Waals surface area (Å²) in [5.74, 6) is 0.651. The van der Waals surface area contributed by atoms with Crippen LogP contribution >= 0.6 is 11.6 Å². The third-order valence-electron chi connectivity index (χ3n) is 4.04. The SMILES string of the molecule is N#Cc1cccnc1N[C@H]1CC(=O)N(CCc2cccc(Cl)c2)C1. The number of hydrogen-bond donors (Lipinski definition) is 1. The average Bonchev–Trinajstić information content (AvgIpc) is 2.93. The van der Waals surface area contributed by atoms with Gasteiger partial charge in [-0.1, -0.05) is 23.7 Å². The molecule has 0 bridgehead atoms. The second-order valence-electron chi connectivity index (χ2n) is 5.78. The number of aromatic nitrogens is 1. The lowest BCUT2D eigenvalue weighted by molar-refractivity contribution is -0.127. The molecule has 1 aliphatic rings. The minimum atomic E-state index is -0.0288. The van der Waals surface area contributed by atoms with Crippen molar-refractivity contribution in [3.8, 4) is 6.07 Å². The first kappa shape index (κ1) is 16.3. The topological polar surface area (TPSA) is 69.0 Å². The van der Waals surface area contributed by atoms with E-state index in [9.17, 15) is 4.79 Å². The zero-order valence-electron chi connectivity index (χ0n) is 13.1. The molecule has 122 valence electrons. The van der Waals surface area contributed by atoms with Crippen LogP contribution < -0.4 is 5.32 Å². The maximum absolute atomic E-state index is 12.2.